The smallest absolute Gasteiger partial charge is 0.0811 e. The molecule has 1 saturated heterocycles. The van der Waals surface area contributed by atoms with Gasteiger partial charge in [-0.2, -0.15) is 0 Å². The van der Waals surface area contributed by atoms with Gasteiger partial charge < -0.3 is 15.2 Å². The number of aliphatic hydroxyl groups is 1. The largest absolute Gasteiger partial charge is 0.394 e. The van der Waals surface area contributed by atoms with Gasteiger partial charge in [-0.3, -0.25) is 0 Å². The van der Waals surface area contributed by atoms with Gasteiger partial charge in [0.05, 0.1) is 18.8 Å². The quantitative estimate of drug-likeness (QED) is 0.856. The van der Waals surface area contributed by atoms with Crippen molar-refractivity contribution in [3.63, 3.8) is 0 Å². The third kappa shape index (κ3) is 3.78. The summed E-state index contributed by atoms with van der Waals surface area (Å²) in [5, 5.41) is 12.5. The van der Waals surface area contributed by atoms with Crippen LogP contribution in [-0.4, -0.2) is 30.5 Å². The number of rotatable bonds is 5. The number of hydrogen-bond acceptors (Lipinski definition) is 3. The number of hydrogen-bond donors (Lipinski definition) is 2. The summed E-state index contributed by atoms with van der Waals surface area (Å²) >= 11 is 0. The van der Waals surface area contributed by atoms with Crippen molar-refractivity contribution in [3.8, 4) is 0 Å². The van der Waals surface area contributed by atoms with Crippen LogP contribution in [0.15, 0.2) is 12.1 Å². The second-order valence-corrected chi connectivity index (χ2v) is 5.63. The normalized spacial score (nSPS) is 22.9. The maximum absolute atomic E-state index is 9.03. The van der Waals surface area contributed by atoms with Gasteiger partial charge in [-0.15, -0.1) is 0 Å². The summed E-state index contributed by atoms with van der Waals surface area (Å²) in [7, 11) is 0. The fraction of sp³-hybridized carbons (Fsp3) is 0.625. The molecule has 1 fully saturated rings. The first-order valence-corrected chi connectivity index (χ1v) is 7.14. The van der Waals surface area contributed by atoms with Crippen LogP contribution in [0.2, 0.25) is 0 Å². The van der Waals surface area contributed by atoms with Gasteiger partial charge in [0.1, 0.15) is 0 Å². The van der Waals surface area contributed by atoms with Crippen LogP contribution >= 0.6 is 0 Å². The van der Waals surface area contributed by atoms with Gasteiger partial charge in [0.2, 0.25) is 0 Å². The predicted molar refractivity (Wildman–Crippen MR) is 77.3 cm³/mol. The molecule has 3 nitrogen and oxygen atoms in total. The molecule has 0 spiro atoms. The second kappa shape index (κ2) is 6.51. The Morgan fingerprint density at radius 1 is 1.11 bits per heavy atom. The number of ether oxygens (including phenoxy) is 1. The van der Waals surface area contributed by atoms with E-state index in [1.807, 2.05) is 0 Å². The lowest BCUT2D eigenvalue weighted by molar-refractivity contribution is 0.0123. The number of aliphatic hydroxyl groups excluding tert-OH is 1. The zero-order chi connectivity index (χ0) is 13.8. The van der Waals surface area contributed by atoms with Crippen LogP contribution in [0.25, 0.3) is 0 Å². The van der Waals surface area contributed by atoms with Crippen molar-refractivity contribution in [3.05, 3.63) is 34.4 Å². The SMILES string of the molecule is Cc1cc(C)c(CNC[C@H]2CC[C@@H](CO)O2)cc1C. The van der Waals surface area contributed by atoms with Crippen LogP contribution in [0, 0.1) is 20.8 Å². The van der Waals surface area contributed by atoms with Gasteiger partial charge in [0.15, 0.2) is 0 Å². The van der Waals surface area contributed by atoms with Crippen molar-refractivity contribution >= 4 is 0 Å². The lowest BCUT2D eigenvalue weighted by Gasteiger charge is -2.15. The number of nitrogens with one attached hydrogen (secondary N) is 1. The Labute approximate surface area is 116 Å². The molecule has 2 atom stereocenters. The molecular weight excluding hydrogens is 238 g/mol. The highest BCUT2D eigenvalue weighted by atomic mass is 16.5. The molecule has 1 aromatic rings. The first kappa shape index (κ1) is 14.5. The molecule has 1 aliphatic heterocycles. The fourth-order valence-corrected chi connectivity index (χ4v) is 2.64. The summed E-state index contributed by atoms with van der Waals surface area (Å²) in [6.07, 6.45) is 2.33. The van der Waals surface area contributed by atoms with Crippen LogP contribution in [-0.2, 0) is 11.3 Å². The highest BCUT2D eigenvalue weighted by molar-refractivity contribution is 5.36. The van der Waals surface area contributed by atoms with Crippen molar-refractivity contribution in [1.29, 1.82) is 0 Å². The monoisotopic (exact) mass is 263 g/mol. The van der Waals surface area contributed by atoms with Gasteiger partial charge in [-0.05, 0) is 55.9 Å². The summed E-state index contributed by atoms with van der Waals surface area (Å²) < 4.78 is 5.71. The van der Waals surface area contributed by atoms with Gasteiger partial charge in [-0.25, -0.2) is 0 Å². The molecule has 0 unspecified atom stereocenters. The maximum Gasteiger partial charge on any atom is 0.0811 e. The molecule has 0 radical (unpaired) electrons. The Bertz CT molecular complexity index is 431. The standard InChI is InChI=1S/C16H25NO2/c1-11-6-13(3)14(7-12(11)2)8-17-9-15-4-5-16(10-18)19-15/h6-7,15-18H,4-5,8-10H2,1-3H3/t15-,16+/m1/s1. The van der Waals surface area contributed by atoms with Crippen molar-refractivity contribution in [1.82, 2.24) is 5.32 Å². The van der Waals surface area contributed by atoms with Crippen LogP contribution in [0.3, 0.4) is 0 Å². The van der Waals surface area contributed by atoms with Crippen LogP contribution in [0.1, 0.15) is 35.1 Å². The Morgan fingerprint density at radius 2 is 1.79 bits per heavy atom. The molecule has 2 rings (SSSR count). The predicted octanol–water partition coefficient (Wildman–Crippen LogP) is 2.24. The summed E-state index contributed by atoms with van der Waals surface area (Å²) in [5.41, 5.74) is 5.40. The zero-order valence-corrected chi connectivity index (χ0v) is 12.2. The fourth-order valence-electron chi connectivity index (χ4n) is 2.64. The van der Waals surface area contributed by atoms with E-state index in [9.17, 15) is 0 Å². The molecule has 0 aliphatic carbocycles. The van der Waals surface area contributed by atoms with E-state index in [2.05, 4.69) is 38.2 Å². The second-order valence-electron chi connectivity index (χ2n) is 5.63. The van der Waals surface area contributed by atoms with Crippen molar-refractivity contribution in [2.24, 2.45) is 0 Å². The minimum atomic E-state index is 0.0511. The molecule has 1 aromatic carbocycles. The third-order valence-electron chi connectivity index (χ3n) is 4.04. The lowest BCUT2D eigenvalue weighted by atomic mass is 10.0. The van der Waals surface area contributed by atoms with E-state index < -0.39 is 0 Å². The maximum atomic E-state index is 9.03. The molecule has 3 heteroatoms. The highest BCUT2D eigenvalue weighted by Gasteiger charge is 2.23. The average molecular weight is 263 g/mol. The Balaban J connectivity index is 1.81. The first-order valence-electron chi connectivity index (χ1n) is 7.14. The van der Waals surface area contributed by atoms with E-state index in [4.69, 9.17) is 9.84 Å². The molecule has 106 valence electrons. The van der Waals surface area contributed by atoms with Gasteiger partial charge in [0, 0.05) is 13.1 Å². The van der Waals surface area contributed by atoms with Crippen molar-refractivity contribution in [2.45, 2.75) is 52.4 Å². The van der Waals surface area contributed by atoms with Crippen molar-refractivity contribution in [2.75, 3.05) is 13.2 Å². The molecule has 0 amide bonds. The Morgan fingerprint density at radius 3 is 2.47 bits per heavy atom. The molecule has 1 heterocycles. The summed E-state index contributed by atoms with van der Waals surface area (Å²) in [5.74, 6) is 0. The zero-order valence-electron chi connectivity index (χ0n) is 12.2. The topological polar surface area (TPSA) is 41.5 Å². The van der Waals surface area contributed by atoms with E-state index in [1.54, 1.807) is 0 Å². The molecule has 0 saturated carbocycles. The average Bonchev–Trinajstić information content (AvgIpc) is 2.83. The number of aryl methyl sites for hydroxylation is 3. The third-order valence-corrected chi connectivity index (χ3v) is 4.04. The molecule has 2 N–H and O–H groups in total. The van der Waals surface area contributed by atoms with E-state index in [0.717, 1.165) is 25.9 Å². The summed E-state index contributed by atoms with van der Waals surface area (Å²) in [4.78, 5) is 0. The Kier molecular flexibility index (Phi) is 4.97. The van der Waals surface area contributed by atoms with E-state index in [-0.39, 0.29) is 18.8 Å². The number of benzene rings is 1. The molecule has 0 bridgehead atoms. The summed E-state index contributed by atoms with van der Waals surface area (Å²) in [6, 6.07) is 4.52. The van der Waals surface area contributed by atoms with E-state index in [1.165, 1.54) is 22.3 Å². The summed E-state index contributed by atoms with van der Waals surface area (Å²) in [6.45, 7) is 8.37. The molecule has 0 aromatic heterocycles. The molecular formula is C16H25NO2. The molecule has 19 heavy (non-hydrogen) atoms. The minimum absolute atomic E-state index is 0.0511. The van der Waals surface area contributed by atoms with Crippen LogP contribution in [0.5, 0.6) is 0 Å². The van der Waals surface area contributed by atoms with Crippen LogP contribution < -0.4 is 5.32 Å². The first-order chi connectivity index (χ1) is 9.10. The van der Waals surface area contributed by atoms with Gasteiger partial charge >= 0.3 is 0 Å². The Hall–Kier alpha value is -0.900. The molecule has 1 aliphatic rings. The highest BCUT2D eigenvalue weighted by Crippen LogP contribution is 2.19. The van der Waals surface area contributed by atoms with E-state index >= 15 is 0 Å². The minimum Gasteiger partial charge on any atom is -0.394 e. The van der Waals surface area contributed by atoms with Gasteiger partial charge in [-0.1, -0.05) is 12.1 Å². The van der Waals surface area contributed by atoms with Crippen molar-refractivity contribution < 1.29 is 9.84 Å². The van der Waals surface area contributed by atoms with E-state index in [0.29, 0.717) is 0 Å². The van der Waals surface area contributed by atoms with Crippen LogP contribution in [0.4, 0.5) is 0 Å². The van der Waals surface area contributed by atoms with Gasteiger partial charge in [0.25, 0.3) is 0 Å². The lowest BCUT2D eigenvalue weighted by Crippen LogP contribution is -2.27.